The van der Waals surface area contributed by atoms with Gasteiger partial charge in [0.1, 0.15) is 0 Å². The predicted molar refractivity (Wildman–Crippen MR) is 150 cm³/mol. The van der Waals surface area contributed by atoms with E-state index in [0.29, 0.717) is 4.48 Å². The van der Waals surface area contributed by atoms with Gasteiger partial charge in [-0.1, -0.05) is 94.1 Å². The van der Waals surface area contributed by atoms with Crippen molar-refractivity contribution in [1.29, 1.82) is 0 Å². The van der Waals surface area contributed by atoms with Crippen LogP contribution in [0.15, 0.2) is 24.3 Å². The molecule has 0 aliphatic rings. The first-order chi connectivity index (χ1) is 16.3. The van der Waals surface area contributed by atoms with Gasteiger partial charge in [-0.05, 0) is 64.2 Å². The van der Waals surface area contributed by atoms with Crippen LogP contribution in [0.5, 0.6) is 0 Å². The molecule has 0 fully saturated rings. The van der Waals surface area contributed by atoms with Gasteiger partial charge in [-0.25, -0.2) is 0 Å². The zero-order valence-electron chi connectivity index (χ0n) is 23.7. The summed E-state index contributed by atoms with van der Waals surface area (Å²) in [5.41, 5.74) is 0. The highest BCUT2D eigenvalue weighted by atomic mass is 31.1. The Kier molecular flexibility index (Phi) is 21.4. The summed E-state index contributed by atoms with van der Waals surface area (Å²) in [6.07, 6.45) is 33.7. The van der Waals surface area contributed by atoms with Crippen LogP contribution in [-0.4, -0.2) is 30.9 Å². The van der Waals surface area contributed by atoms with Gasteiger partial charge in [0.05, 0.1) is 21.1 Å². The average Bonchev–Trinajstić information content (AvgIpc) is 2.78. The van der Waals surface area contributed by atoms with E-state index in [-0.39, 0.29) is 0 Å². The highest BCUT2D eigenvalue weighted by molar-refractivity contribution is 7.38. The maximum atomic E-state index is 12.1. The molecule has 0 rings (SSSR count). The maximum Gasteiger partial charge on any atom is 0.376 e. The summed E-state index contributed by atoms with van der Waals surface area (Å²) >= 11 is 0. The molecule has 0 radical (unpaired) electrons. The number of rotatable bonds is 24. The lowest BCUT2D eigenvalue weighted by molar-refractivity contribution is -0.910. The SMILES string of the molecule is CCCCCCC=CCCCCC=CCCCCCCCCCC(CCC)([P+](=O)[O-])[N+](C)(C)C. The zero-order chi connectivity index (χ0) is 25.5. The van der Waals surface area contributed by atoms with Gasteiger partial charge in [0.15, 0.2) is 0 Å². The van der Waals surface area contributed by atoms with Gasteiger partial charge in [0.2, 0.25) is 0 Å². The fourth-order valence-electron chi connectivity index (χ4n) is 4.86. The Labute approximate surface area is 214 Å². The Morgan fingerprint density at radius 2 is 0.971 bits per heavy atom. The van der Waals surface area contributed by atoms with Crippen LogP contribution in [0, 0.1) is 0 Å². The van der Waals surface area contributed by atoms with E-state index in [1.165, 1.54) is 96.3 Å². The summed E-state index contributed by atoms with van der Waals surface area (Å²) in [5.74, 6) is 0. The molecule has 0 aliphatic heterocycles. The minimum atomic E-state index is -2.43. The van der Waals surface area contributed by atoms with Crippen molar-refractivity contribution < 1.29 is 13.9 Å². The number of allylic oxidation sites excluding steroid dienone is 4. The Hall–Kier alpha value is -0.500. The second-order valence-corrected chi connectivity index (χ2v) is 12.4. The Balaban J connectivity index is 3.64. The number of quaternary nitrogens is 1. The van der Waals surface area contributed by atoms with Crippen LogP contribution < -0.4 is 4.89 Å². The smallest absolute Gasteiger partial charge is 0.376 e. The Bertz CT molecular complexity index is 538. The second-order valence-electron chi connectivity index (χ2n) is 11.1. The van der Waals surface area contributed by atoms with E-state index in [4.69, 9.17) is 0 Å². The van der Waals surface area contributed by atoms with Crippen molar-refractivity contribution in [1.82, 2.24) is 0 Å². The maximum absolute atomic E-state index is 12.1. The molecule has 2 unspecified atom stereocenters. The molecule has 3 nitrogen and oxygen atoms in total. The molecule has 0 heterocycles. The van der Waals surface area contributed by atoms with Gasteiger partial charge in [0, 0.05) is 12.8 Å². The molecule has 0 aromatic heterocycles. The molecule has 0 aromatic carbocycles. The summed E-state index contributed by atoms with van der Waals surface area (Å²) in [6, 6.07) is 0. The van der Waals surface area contributed by atoms with E-state index in [9.17, 15) is 9.46 Å². The first-order valence-electron chi connectivity index (χ1n) is 14.6. The molecular formula is C30H59NO2P+. The van der Waals surface area contributed by atoms with Crippen molar-refractivity contribution in [3.8, 4) is 0 Å². The molecule has 0 saturated heterocycles. The highest BCUT2D eigenvalue weighted by Gasteiger charge is 2.53. The summed E-state index contributed by atoms with van der Waals surface area (Å²) in [4.78, 5) is 12.1. The second kappa shape index (κ2) is 21.8. The van der Waals surface area contributed by atoms with E-state index in [1.54, 1.807) is 0 Å². The monoisotopic (exact) mass is 496 g/mol. The number of nitrogens with zero attached hydrogens (tertiary/aromatic N) is 1. The quantitative estimate of drug-likeness (QED) is 0.0577. The van der Waals surface area contributed by atoms with Crippen LogP contribution in [0.2, 0.25) is 0 Å². The van der Waals surface area contributed by atoms with Crippen molar-refractivity contribution in [2.75, 3.05) is 21.1 Å². The van der Waals surface area contributed by atoms with Crippen LogP contribution in [0.3, 0.4) is 0 Å². The molecular weight excluding hydrogens is 437 g/mol. The lowest BCUT2D eigenvalue weighted by atomic mass is 9.99. The first kappa shape index (κ1) is 33.5. The van der Waals surface area contributed by atoms with E-state index in [1.807, 2.05) is 21.1 Å². The van der Waals surface area contributed by atoms with Crippen molar-refractivity contribution in [2.45, 2.75) is 148 Å². The van der Waals surface area contributed by atoms with Gasteiger partial charge in [-0.2, -0.15) is 0 Å². The van der Waals surface area contributed by atoms with Crippen molar-refractivity contribution in [2.24, 2.45) is 0 Å². The van der Waals surface area contributed by atoms with Crippen LogP contribution in [0.4, 0.5) is 0 Å². The molecule has 0 aromatic rings. The molecule has 0 spiro atoms. The molecule has 0 saturated carbocycles. The molecule has 4 heteroatoms. The van der Waals surface area contributed by atoms with Crippen molar-refractivity contribution in [3.05, 3.63) is 24.3 Å². The average molecular weight is 497 g/mol. The van der Waals surface area contributed by atoms with Gasteiger partial charge in [0.25, 0.3) is 5.28 Å². The molecule has 200 valence electrons. The summed E-state index contributed by atoms with van der Waals surface area (Å²) in [5, 5.41) is -0.596. The van der Waals surface area contributed by atoms with Gasteiger partial charge >= 0.3 is 8.03 Å². The summed E-state index contributed by atoms with van der Waals surface area (Å²) in [7, 11) is 3.67. The summed E-state index contributed by atoms with van der Waals surface area (Å²) < 4.78 is 12.6. The van der Waals surface area contributed by atoms with Gasteiger partial charge in [-0.3, -0.25) is 4.48 Å². The lowest BCUT2D eigenvalue weighted by Gasteiger charge is -2.39. The fraction of sp³-hybridized carbons (Fsp3) is 0.867. The van der Waals surface area contributed by atoms with E-state index in [0.717, 1.165) is 32.1 Å². The van der Waals surface area contributed by atoms with Gasteiger partial charge in [-0.15, -0.1) is 0 Å². The Morgan fingerprint density at radius 1 is 0.588 bits per heavy atom. The van der Waals surface area contributed by atoms with Crippen LogP contribution in [0.1, 0.15) is 142 Å². The third kappa shape index (κ3) is 16.2. The number of hydrogen-bond donors (Lipinski definition) is 0. The predicted octanol–water partition coefficient (Wildman–Crippen LogP) is 9.45. The third-order valence-corrected chi connectivity index (χ3v) is 8.96. The molecule has 2 atom stereocenters. The highest BCUT2D eigenvalue weighted by Crippen LogP contribution is 2.45. The molecule has 0 bridgehead atoms. The van der Waals surface area contributed by atoms with E-state index in [2.05, 4.69) is 38.2 Å². The molecule has 0 N–H and O–H groups in total. The minimum Gasteiger partial charge on any atom is -0.590 e. The minimum absolute atomic E-state index is 0.517. The topological polar surface area (TPSA) is 40.1 Å². The van der Waals surface area contributed by atoms with Gasteiger partial charge < -0.3 is 4.89 Å². The van der Waals surface area contributed by atoms with Crippen molar-refractivity contribution >= 4 is 8.03 Å². The van der Waals surface area contributed by atoms with E-state index >= 15 is 0 Å². The van der Waals surface area contributed by atoms with Crippen molar-refractivity contribution in [3.63, 3.8) is 0 Å². The standard InChI is InChI=1S/C30H59NO2P/c1-6-8-9-10-11-12-13-14-15-16-17-18-19-20-21-22-23-24-25-26-27-29-30(28-7-2,34(32)33)31(3,4)5/h12-13,18-19H,6-11,14-17,20-29H2,1-5H3/q+1. The van der Waals surface area contributed by atoms with E-state index < -0.39 is 13.3 Å². The lowest BCUT2D eigenvalue weighted by Crippen LogP contribution is -2.55. The fourth-order valence-corrected chi connectivity index (χ4v) is 6.10. The number of hydrogen-bond acceptors (Lipinski definition) is 2. The number of unbranched alkanes of at least 4 members (excludes halogenated alkanes) is 14. The largest absolute Gasteiger partial charge is 0.590 e. The normalized spacial score (nSPS) is 14.8. The summed E-state index contributed by atoms with van der Waals surface area (Å²) in [6.45, 7) is 4.36. The van der Waals surface area contributed by atoms with Crippen LogP contribution in [0.25, 0.3) is 0 Å². The van der Waals surface area contributed by atoms with Crippen LogP contribution >= 0.6 is 8.03 Å². The molecule has 34 heavy (non-hydrogen) atoms. The third-order valence-electron chi connectivity index (χ3n) is 7.24. The Morgan fingerprint density at radius 3 is 1.35 bits per heavy atom. The first-order valence-corrected chi connectivity index (χ1v) is 15.8. The molecule has 0 aliphatic carbocycles. The molecule has 0 amide bonds. The van der Waals surface area contributed by atoms with Crippen LogP contribution in [-0.2, 0) is 4.57 Å². The zero-order valence-corrected chi connectivity index (χ0v) is 24.6.